The van der Waals surface area contributed by atoms with Gasteiger partial charge in [0.15, 0.2) is 0 Å². The van der Waals surface area contributed by atoms with Crippen molar-refractivity contribution in [2.75, 3.05) is 6.26 Å². The molecule has 0 radical (unpaired) electrons. The molecule has 0 aromatic rings. The van der Waals surface area contributed by atoms with Gasteiger partial charge in [-0.1, -0.05) is 0 Å². The zero-order valence-electron chi connectivity index (χ0n) is 8.98. The van der Waals surface area contributed by atoms with E-state index in [0.717, 1.165) is 0 Å². The van der Waals surface area contributed by atoms with Gasteiger partial charge >= 0.3 is 16.4 Å². The lowest BCUT2D eigenvalue weighted by atomic mass is 10.3. The summed E-state index contributed by atoms with van der Waals surface area (Å²) >= 11 is -4.85. The second kappa shape index (κ2) is 5.08. The lowest BCUT2D eigenvalue weighted by Crippen LogP contribution is -2.62. The highest BCUT2D eigenvalue weighted by atomic mass is 32.3. The third kappa shape index (κ3) is 3.23. The van der Waals surface area contributed by atoms with Crippen molar-refractivity contribution in [3.63, 3.8) is 0 Å². The summed E-state index contributed by atoms with van der Waals surface area (Å²) in [6.45, 7) is 0. The normalized spacial score (nSPS) is 17.0. The molecule has 0 amide bonds. The van der Waals surface area contributed by atoms with E-state index >= 15 is 0 Å². The first-order valence-electron chi connectivity index (χ1n) is 3.87. The third-order valence-electron chi connectivity index (χ3n) is 1.55. The fourth-order valence-corrected chi connectivity index (χ4v) is 3.59. The van der Waals surface area contributed by atoms with Gasteiger partial charge in [0.25, 0.3) is 10.0 Å². The molecule has 0 aromatic carbocycles. The maximum atomic E-state index is 13.0. The molecule has 0 saturated heterocycles. The molecule has 16 heteroatoms. The van der Waals surface area contributed by atoms with Crippen LogP contribution in [0, 0.1) is 0 Å². The molecule has 7 nitrogen and oxygen atoms in total. The van der Waals surface area contributed by atoms with E-state index < -0.39 is 47.6 Å². The van der Waals surface area contributed by atoms with Crippen LogP contribution in [-0.4, -0.2) is 48.3 Å². The van der Waals surface area contributed by atoms with Crippen LogP contribution in [0.25, 0.3) is 0 Å². The van der Waals surface area contributed by atoms with Crippen LogP contribution in [0.2, 0.25) is 0 Å². The fourth-order valence-electron chi connectivity index (χ4n) is 0.699. The first-order chi connectivity index (χ1) is 8.40. The summed E-state index contributed by atoms with van der Waals surface area (Å²) in [5.41, 5.74) is 0. The molecule has 1 unspecified atom stereocenters. The van der Waals surface area contributed by atoms with Gasteiger partial charge in [-0.15, -0.1) is 4.13 Å². The van der Waals surface area contributed by atoms with Crippen molar-refractivity contribution in [1.82, 2.24) is 4.13 Å². The van der Waals surface area contributed by atoms with Gasteiger partial charge in [0.2, 0.25) is 21.1 Å². The van der Waals surface area contributed by atoms with E-state index in [1.807, 2.05) is 0 Å². The maximum absolute atomic E-state index is 13.0. The van der Waals surface area contributed by atoms with E-state index in [4.69, 9.17) is 4.55 Å². The highest BCUT2D eigenvalue weighted by Gasteiger charge is 2.80. The highest BCUT2D eigenvalue weighted by molar-refractivity contribution is 8.04. The predicted molar refractivity (Wildman–Crippen MR) is 52.5 cm³/mol. The molecule has 0 bridgehead atoms. The summed E-state index contributed by atoms with van der Waals surface area (Å²) < 4.78 is 137. The van der Waals surface area contributed by atoms with Gasteiger partial charge in [0.05, 0.1) is 6.26 Å². The predicted octanol–water partition coefficient (Wildman–Crippen LogP) is -0.0920. The number of nitrogens with one attached hydrogen (secondary N) is 1. The number of sulfonamides is 2. The van der Waals surface area contributed by atoms with Crippen LogP contribution in [0.4, 0.5) is 26.3 Å². The minimum atomic E-state index is -6.86. The van der Waals surface area contributed by atoms with Crippen molar-refractivity contribution in [3.05, 3.63) is 0 Å². The summed E-state index contributed by atoms with van der Waals surface area (Å²) in [7, 11) is -11.9. The minimum absolute atomic E-state index is 0.0267. The van der Waals surface area contributed by atoms with Crippen molar-refractivity contribution in [3.8, 4) is 0 Å². The van der Waals surface area contributed by atoms with Crippen LogP contribution >= 0.6 is 0 Å². The molecule has 0 aromatic heterocycles. The van der Waals surface area contributed by atoms with Gasteiger partial charge < -0.3 is 4.55 Å². The monoisotopic (exact) mass is 373 g/mol. The lowest BCUT2D eigenvalue weighted by Gasteiger charge is -2.29. The molecule has 0 fully saturated rings. The standard InChI is InChI=1S/C4H5F6NO6S3/c1-19(14,15)11-20(16,17)4(9,10)2(5,6)3(7,8)18(12)13/h11H,1H3,(H,12,13). The summed E-state index contributed by atoms with van der Waals surface area (Å²) in [5, 5.41) is -13.0. The second-order valence-electron chi connectivity index (χ2n) is 3.22. The largest absolute Gasteiger partial charge is 0.429 e. The van der Waals surface area contributed by atoms with Gasteiger partial charge in [0.1, 0.15) is 0 Å². The van der Waals surface area contributed by atoms with Gasteiger partial charge in [-0.3, -0.25) is 0 Å². The summed E-state index contributed by atoms with van der Waals surface area (Å²) in [5.74, 6) is -6.86. The van der Waals surface area contributed by atoms with Gasteiger partial charge in [-0.05, 0) is 0 Å². The Balaban J connectivity index is 6.06. The van der Waals surface area contributed by atoms with E-state index in [1.165, 1.54) is 0 Å². The van der Waals surface area contributed by atoms with E-state index in [2.05, 4.69) is 0 Å². The second-order valence-corrected chi connectivity index (χ2v) is 7.96. The number of hydrogen-bond donors (Lipinski definition) is 2. The smallest absolute Gasteiger partial charge is 0.301 e. The van der Waals surface area contributed by atoms with Gasteiger partial charge in [-0.25, -0.2) is 21.0 Å². The third-order valence-corrected chi connectivity index (χ3v) is 5.26. The van der Waals surface area contributed by atoms with Crippen LogP contribution in [0.3, 0.4) is 0 Å². The van der Waals surface area contributed by atoms with Crippen molar-refractivity contribution >= 4 is 31.1 Å². The van der Waals surface area contributed by atoms with Crippen molar-refractivity contribution in [2.45, 2.75) is 16.4 Å². The highest BCUT2D eigenvalue weighted by Crippen LogP contribution is 2.49. The van der Waals surface area contributed by atoms with Crippen LogP contribution in [-0.2, 0) is 31.1 Å². The van der Waals surface area contributed by atoms with Crippen LogP contribution < -0.4 is 4.13 Å². The lowest BCUT2D eigenvalue weighted by molar-refractivity contribution is -0.244. The molecule has 0 saturated carbocycles. The summed E-state index contributed by atoms with van der Waals surface area (Å²) in [6.07, 6.45) is -0.0267. The molecule has 2 N–H and O–H groups in total. The average Bonchev–Trinajstić information content (AvgIpc) is 2.12. The van der Waals surface area contributed by atoms with Gasteiger partial charge in [0, 0.05) is 0 Å². The molecule has 122 valence electrons. The van der Waals surface area contributed by atoms with Crippen LogP contribution in [0.15, 0.2) is 0 Å². The Labute approximate surface area is 110 Å². The zero-order valence-corrected chi connectivity index (χ0v) is 11.4. The molecule has 0 heterocycles. The topological polar surface area (TPSA) is 118 Å². The molecule has 1 atom stereocenters. The quantitative estimate of drug-likeness (QED) is 0.496. The minimum Gasteiger partial charge on any atom is -0.301 e. The first-order valence-corrected chi connectivity index (χ1v) is 8.36. The van der Waals surface area contributed by atoms with Crippen LogP contribution in [0.1, 0.15) is 0 Å². The van der Waals surface area contributed by atoms with Gasteiger partial charge in [-0.2, -0.15) is 26.3 Å². The Morgan fingerprint density at radius 1 is 1.00 bits per heavy atom. The van der Waals surface area contributed by atoms with E-state index in [0.29, 0.717) is 0 Å². The summed E-state index contributed by atoms with van der Waals surface area (Å²) in [4.78, 5) is 0. The molecule has 0 rings (SSSR count). The SMILES string of the molecule is CS(=O)(=O)NS(=O)(=O)C(F)(F)C(F)(F)C(F)(F)S(=O)O. The van der Waals surface area contributed by atoms with Crippen molar-refractivity contribution in [1.29, 1.82) is 0 Å². The van der Waals surface area contributed by atoms with E-state index in [1.54, 1.807) is 0 Å². The van der Waals surface area contributed by atoms with Crippen LogP contribution in [0.5, 0.6) is 0 Å². The van der Waals surface area contributed by atoms with Crippen molar-refractivity contribution < 1.29 is 51.9 Å². The Bertz CT molecular complexity index is 611. The van der Waals surface area contributed by atoms with E-state index in [-0.39, 0.29) is 10.4 Å². The number of rotatable bonds is 6. The molecule has 0 aliphatic carbocycles. The van der Waals surface area contributed by atoms with E-state index in [9.17, 15) is 47.4 Å². The zero-order chi connectivity index (χ0) is 16.8. The summed E-state index contributed by atoms with van der Waals surface area (Å²) in [6, 6.07) is 0. The molecular weight excluding hydrogens is 368 g/mol. The average molecular weight is 373 g/mol. The number of halogens is 6. The molecule has 0 aliphatic heterocycles. The van der Waals surface area contributed by atoms with Crippen molar-refractivity contribution in [2.24, 2.45) is 0 Å². The Kier molecular flexibility index (Phi) is 4.96. The maximum Gasteiger partial charge on any atom is 0.429 e. The molecular formula is C4H5F6NO6S3. The number of alkyl halides is 6. The Hall–Kier alpha value is -0.450. The Morgan fingerprint density at radius 2 is 1.35 bits per heavy atom. The molecule has 0 spiro atoms. The fraction of sp³-hybridized carbons (Fsp3) is 1.00. The number of hydrogen-bond acceptors (Lipinski definition) is 5. The molecule has 0 aliphatic rings. The Morgan fingerprint density at radius 3 is 1.60 bits per heavy atom. The molecule has 20 heavy (non-hydrogen) atoms. The first kappa shape index (κ1) is 19.6.